The highest BCUT2D eigenvalue weighted by Gasteiger charge is 2.29. The molecule has 0 saturated carbocycles. The number of nitrogens with one attached hydrogen (secondary N) is 1. The quantitative estimate of drug-likeness (QED) is 0.833. The SMILES string of the molecule is CCC(C)(CN)C(=O)Nc1cccc(I)c1. The Hall–Kier alpha value is -0.620. The molecule has 4 heteroatoms. The molecular formula is C12H17IN2O. The fourth-order valence-corrected chi connectivity index (χ4v) is 1.79. The Kier molecular flexibility index (Phi) is 4.73. The number of anilines is 1. The molecule has 0 spiro atoms. The van der Waals surface area contributed by atoms with Crippen LogP contribution in [-0.4, -0.2) is 12.5 Å². The lowest BCUT2D eigenvalue weighted by Gasteiger charge is -2.24. The number of rotatable bonds is 4. The van der Waals surface area contributed by atoms with E-state index in [1.54, 1.807) is 0 Å². The van der Waals surface area contributed by atoms with Crippen LogP contribution in [0.25, 0.3) is 0 Å². The molecule has 88 valence electrons. The fourth-order valence-electron chi connectivity index (χ4n) is 1.25. The standard InChI is InChI=1S/C12H17IN2O/c1-3-12(2,8-14)11(16)15-10-6-4-5-9(13)7-10/h4-7H,3,8,14H2,1-2H3,(H,15,16). The maximum atomic E-state index is 12.0. The third-order valence-electron chi connectivity index (χ3n) is 2.86. The predicted molar refractivity (Wildman–Crippen MR) is 75.2 cm³/mol. The summed E-state index contributed by atoms with van der Waals surface area (Å²) in [5.41, 5.74) is 5.98. The average molecular weight is 332 g/mol. The van der Waals surface area contributed by atoms with E-state index in [0.717, 1.165) is 15.7 Å². The normalized spacial score (nSPS) is 14.2. The van der Waals surface area contributed by atoms with Crippen LogP contribution in [0.4, 0.5) is 5.69 Å². The Morgan fingerprint density at radius 1 is 1.56 bits per heavy atom. The van der Waals surface area contributed by atoms with Crippen LogP contribution in [0.3, 0.4) is 0 Å². The molecule has 1 rings (SSSR count). The van der Waals surface area contributed by atoms with E-state index in [9.17, 15) is 4.79 Å². The predicted octanol–water partition coefficient (Wildman–Crippen LogP) is 2.60. The molecule has 0 bridgehead atoms. The highest BCUT2D eigenvalue weighted by molar-refractivity contribution is 14.1. The topological polar surface area (TPSA) is 55.1 Å². The fraction of sp³-hybridized carbons (Fsp3) is 0.417. The van der Waals surface area contributed by atoms with Crippen molar-refractivity contribution >= 4 is 34.2 Å². The average Bonchev–Trinajstić information content (AvgIpc) is 2.28. The first kappa shape index (κ1) is 13.4. The van der Waals surface area contributed by atoms with Crippen molar-refractivity contribution in [3.05, 3.63) is 27.8 Å². The van der Waals surface area contributed by atoms with Crippen molar-refractivity contribution in [2.45, 2.75) is 20.3 Å². The summed E-state index contributed by atoms with van der Waals surface area (Å²) in [7, 11) is 0. The molecule has 0 aliphatic carbocycles. The summed E-state index contributed by atoms with van der Waals surface area (Å²) < 4.78 is 1.10. The van der Waals surface area contributed by atoms with Crippen LogP contribution in [0.1, 0.15) is 20.3 Å². The monoisotopic (exact) mass is 332 g/mol. The van der Waals surface area contributed by atoms with Crippen LogP contribution >= 0.6 is 22.6 Å². The zero-order valence-electron chi connectivity index (χ0n) is 9.59. The van der Waals surface area contributed by atoms with Crippen LogP contribution in [0.15, 0.2) is 24.3 Å². The summed E-state index contributed by atoms with van der Waals surface area (Å²) in [6, 6.07) is 7.72. The van der Waals surface area contributed by atoms with Gasteiger partial charge in [0.15, 0.2) is 0 Å². The molecule has 0 saturated heterocycles. The van der Waals surface area contributed by atoms with Crippen molar-refractivity contribution in [2.24, 2.45) is 11.1 Å². The highest BCUT2D eigenvalue weighted by Crippen LogP contribution is 2.22. The summed E-state index contributed by atoms with van der Waals surface area (Å²) in [5, 5.41) is 2.90. The molecule has 3 nitrogen and oxygen atoms in total. The first-order valence-corrected chi connectivity index (χ1v) is 6.37. The Labute approximate surface area is 110 Å². The van der Waals surface area contributed by atoms with Gasteiger partial charge in [0.2, 0.25) is 5.91 Å². The van der Waals surface area contributed by atoms with Crippen molar-refractivity contribution < 1.29 is 4.79 Å². The van der Waals surface area contributed by atoms with E-state index in [1.807, 2.05) is 38.1 Å². The lowest BCUT2D eigenvalue weighted by molar-refractivity contribution is -0.124. The minimum atomic E-state index is -0.485. The second-order valence-corrected chi connectivity index (χ2v) is 5.33. The molecule has 1 atom stereocenters. The van der Waals surface area contributed by atoms with Gasteiger partial charge in [0.1, 0.15) is 0 Å². The number of nitrogens with two attached hydrogens (primary N) is 1. The molecule has 1 unspecified atom stereocenters. The van der Waals surface area contributed by atoms with Crippen LogP contribution in [-0.2, 0) is 4.79 Å². The van der Waals surface area contributed by atoms with Gasteiger partial charge >= 0.3 is 0 Å². The van der Waals surface area contributed by atoms with E-state index >= 15 is 0 Å². The largest absolute Gasteiger partial charge is 0.329 e. The van der Waals surface area contributed by atoms with E-state index in [2.05, 4.69) is 27.9 Å². The van der Waals surface area contributed by atoms with Gasteiger partial charge in [0, 0.05) is 15.8 Å². The van der Waals surface area contributed by atoms with Crippen molar-refractivity contribution in [3.63, 3.8) is 0 Å². The second-order valence-electron chi connectivity index (χ2n) is 4.08. The van der Waals surface area contributed by atoms with E-state index in [1.165, 1.54) is 0 Å². The number of halogens is 1. The molecule has 0 aliphatic heterocycles. The molecule has 0 fully saturated rings. The lowest BCUT2D eigenvalue weighted by Crippen LogP contribution is -2.39. The first-order valence-electron chi connectivity index (χ1n) is 5.29. The van der Waals surface area contributed by atoms with Gasteiger partial charge in [-0.2, -0.15) is 0 Å². The number of benzene rings is 1. The maximum absolute atomic E-state index is 12.0. The molecular weight excluding hydrogens is 315 g/mol. The minimum absolute atomic E-state index is 0.0144. The van der Waals surface area contributed by atoms with Gasteiger partial charge < -0.3 is 11.1 Å². The van der Waals surface area contributed by atoms with E-state index in [-0.39, 0.29) is 5.91 Å². The van der Waals surface area contributed by atoms with E-state index < -0.39 is 5.41 Å². The third kappa shape index (κ3) is 3.18. The minimum Gasteiger partial charge on any atom is -0.329 e. The maximum Gasteiger partial charge on any atom is 0.231 e. The third-order valence-corrected chi connectivity index (χ3v) is 3.53. The Morgan fingerprint density at radius 2 is 2.25 bits per heavy atom. The van der Waals surface area contributed by atoms with Crippen LogP contribution in [0.2, 0.25) is 0 Å². The Bertz CT molecular complexity index is 375. The van der Waals surface area contributed by atoms with Crippen molar-refractivity contribution in [2.75, 3.05) is 11.9 Å². The zero-order chi connectivity index (χ0) is 12.2. The van der Waals surface area contributed by atoms with Crippen molar-refractivity contribution in [1.82, 2.24) is 0 Å². The van der Waals surface area contributed by atoms with Crippen LogP contribution in [0, 0.1) is 8.99 Å². The molecule has 1 aromatic carbocycles. The van der Waals surface area contributed by atoms with Crippen molar-refractivity contribution in [1.29, 1.82) is 0 Å². The highest BCUT2D eigenvalue weighted by atomic mass is 127. The zero-order valence-corrected chi connectivity index (χ0v) is 11.7. The lowest BCUT2D eigenvalue weighted by atomic mass is 9.86. The Morgan fingerprint density at radius 3 is 2.75 bits per heavy atom. The summed E-state index contributed by atoms with van der Waals surface area (Å²) in [6.45, 7) is 4.22. The van der Waals surface area contributed by atoms with Gasteiger partial charge in [0.25, 0.3) is 0 Å². The number of hydrogen-bond acceptors (Lipinski definition) is 2. The van der Waals surface area contributed by atoms with E-state index in [0.29, 0.717) is 6.54 Å². The summed E-state index contributed by atoms with van der Waals surface area (Å²) in [5.74, 6) is -0.0144. The van der Waals surface area contributed by atoms with Gasteiger partial charge in [-0.05, 0) is 54.1 Å². The van der Waals surface area contributed by atoms with Crippen LogP contribution in [0.5, 0.6) is 0 Å². The number of amides is 1. The van der Waals surface area contributed by atoms with Gasteiger partial charge in [-0.1, -0.05) is 13.0 Å². The van der Waals surface area contributed by atoms with E-state index in [4.69, 9.17) is 5.73 Å². The number of carbonyl (C=O) groups excluding carboxylic acids is 1. The van der Waals surface area contributed by atoms with Gasteiger partial charge in [-0.3, -0.25) is 4.79 Å². The molecule has 0 aromatic heterocycles. The molecule has 0 aliphatic rings. The molecule has 3 N–H and O–H groups in total. The molecule has 0 radical (unpaired) electrons. The molecule has 0 heterocycles. The smallest absolute Gasteiger partial charge is 0.231 e. The van der Waals surface area contributed by atoms with Gasteiger partial charge in [-0.15, -0.1) is 0 Å². The van der Waals surface area contributed by atoms with Gasteiger partial charge in [0.05, 0.1) is 5.41 Å². The summed E-state index contributed by atoms with van der Waals surface area (Å²) >= 11 is 2.22. The first-order chi connectivity index (χ1) is 7.51. The van der Waals surface area contributed by atoms with Crippen LogP contribution < -0.4 is 11.1 Å². The second kappa shape index (κ2) is 5.63. The molecule has 1 aromatic rings. The molecule has 16 heavy (non-hydrogen) atoms. The van der Waals surface area contributed by atoms with Gasteiger partial charge in [-0.25, -0.2) is 0 Å². The number of hydrogen-bond donors (Lipinski definition) is 2. The number of carbonyl (C=O) groups is 1. The summed E-state index contributed by atoms with van der Waals surface area (Å²) in [6.07, 6.45) is 0.735. The Balaban J connectivity index is 2.78. The summed E-state index contributed by atoms with van der Waals surface area (Å²) in [4.78, 5) is 12.0. The van der Waals surface area contributed by atoms with Crippen molar-refractivity contribution in [3.8, 4) is 0 Å². The molecule has 1 amide bonds.